The molecule has 2 aromatic rings. The second-order valence-electron chi connectivity index (χ2n) is 8.72. The normalized spacial score (nSPS) is 17.2. The fourth-order valence-electron chi connectivity index (χ4n) is 4.27. The van der Waals surface area contributed by atoms with Crippen molar-refractivity contribution in [2.75, 3.05) is 48.4 Å². The first kappa shape index (κ1) is 26.3. The number of carbonyl (C=O) groups excluding carboxylic acids is 2. The van der Waals surface area contributed by atoms with Gasteiger partial charge in [0.1, 0.15) is 12.5 Å². The van der Waals surface area contributed by atoms with Crippen LogP contribution in [0.5, 0.6) is 0 Å². The molecule has 1 saturated heterocycles. The molecule has 0 spiro atoms. The number of pyridine rings is 1. The average molecular weight is 510 g/mol. The number of benzene rings is 1. The van der Waals surface area contributed by atoms with Gasteiger partial charge in [-0.25, -0.2) is 4.98 Å². The molecule has 1 aliphatic carbocycles. The fraction of sp³-hybridized carbons (Fsp3) is 0.207. The van der Waals surface area contributed by atoms with Gasteiger partial charge in [0.25, 0.3) is 0 Å². The highest BCUT2D eigenvalue weighted by Gasteiger charge is 2.19. The molecule has 1 aliphatic heterocycles. The van der Waals surface area contributed by atoms with Gasteiger partial charge in [-0.3, -0.25) is 19.6 Å². The second-order valence-corrected chi connectivity index (χ2v) is 8.72. The summed E-state index contributed by atoms with van der Waals surface area (Å²) in [5.74, 6) is 0.727. The lowest BCUT2D eigenvalue weighted by molar-refractivity contribution is -0.129. The molecule has 38 heavy (non-hydrogen) atoms. The number of hydrogen-bond acceptors (Lipinski definition) is 7. The number of nitrogens with one attached hydrogen (secondary N) is 2. The quantitative estimate of drug-likeness (QED) is 0.415. The molecule has 0 bridgehead atoms. The van der Waals surface area contributed by atoms with Crippen LogP contribution < -0.4 is 15.5 Å². The van der Waals surface area contributed by atoms with E-state index in [2.05, 4.69) is 38.8 Å². The highest BCUT2D eigenvalue weighted by Crippen LogP contribution is 2.27. The van der Waals surface area contributed by atoms with Crippen LogP contribution in [0.2, 0.25) is 0 Å². The number of piperazine rings is 1. The van der Waals surface area contributed by atoms with Crippen molar-refractivity contribution in [3.05, 3.63) is 90.8 Å². The number of aromatic nitrogens is 1. The summed E-state index contributed by atoms with van der Waals surface area (Å²) in [5, 5.41) is 6.11. The first-order chi connectivity index (χ1) is 18.5. The third kappa shape index (κ3) is 6.50. The maximum absolute atomic E-state index is 11.8. The van der Waals surface area contributed by atoms with E-state index in [4.69, 9.17) is 4.99 Å². The topological polar surface area (TPSA) is 102 Å². The molecular formula is C29H31N7O2. The van der Waals surface area contributed by atoms with Crippen LogP contribution in [-0.2, 0) is 9.59 Å². The van der Waals surface area contributed by atoms with Crippen molar-refractivity contribution in [2.24, 2.45) is 9.98 Å². The maximum Gasteiger partial charge on any atom is 0.247 e. The Hall–Kier alpha value is -4.79. The van der Waals surface area contributed by atoms with Gasteiger partial charge in [0, 0.05) is 56.1 Å². The van der Waals surface area contributed by atoms with E-state index in [-0.39, 0.29) is 11.8 Å². The Balaban J connectivity index is 1.46. The molecule has 4 rings (SSSR count). The summed E-state index contributed by atoms with van der Waals surface area (Å²) in [4.78, 5) is 40.7. The predicted molar refractivity (Wildman–Crippen MR) is 155 cm³/mol. The van der Waals surface area contributed by atoms with E-state index in [0.29, 0.717) is 25.4 Å². The zero-order valence-corrected chi connectivity index (χ0v) is 21.4. The summed E-state index contributed by atoms with van der Waals surface area (Å²) in [6.45, 7) is 12.0. The smallest absolute Gasteiger partial charge is 0.247 e. The summed E-state index contributed by atoms with van der Waals surface area (Å²) >= 11 is 0. The Morgan fingerprint density at radius 2 is 1.95 bits per heavy atom. The number of aliphatic imine (C=N–C) groups is 2. The maximum atomic E-state index is 11.8. The van der Waals surface area contributed by atoms with Crippen LogP contribution in [0.4, 0.5) is 17.2 Å². The summed E-state index contributed by atoms with van der Waals surface area (Å²) in [5.41, 5.74) is 4.91. The van der Waals surface area contributed by atoms with Gasteiger partial charge < -0.3 is 20.4 Å². The van der Waals surface area contributed by atoms with Gasteiger partial charge in [-0.2, -0.15) is 0 Å². The van der Waals surface area contributed by atoms with Crippen LogP contribution >= 0.6 is 0 Å². The van der Waals surface area contributed by atoms with E-state index >= 15 is 0 Å². The Morgan fingerprint density at radius 1 is 1.13 bits per heavy atom. The zero-order chi connectivity index (χ0) is 26.9. The van der Waals surface area contributed by atoms with Crippen molar-refractivity contribution in [3.63, 3.8) is 0 Å². The lowest BCUT2D eigenvalue weighted by Gasteiger charge is -2.34. The van der Waals surface area contributed by atoms with Gasteiger partial charge in [0.05, 0.1) is 17.6 Å². The number of allylic oxidation sites excluding steroid dienone is 5. The van der Waals surface area contributed by atoms with Crippen molar-refractivity contribution < 1.29 is 9.59 Å². The Morgan fingerprint density at radius 3 is 2.63 bits per heavy atom. The van der Waals surface area contributed by atoms with E-state index in [0.717, 1.165) is 47.0 Å². The predicted octanol–water partition coefficient (Wildman–Crippen LogP) is 3.92. The SMILES string of the molecule is C=CC(=O)Nc1cccc(C2=CC=CC(=C/N=C)/C2=N\CNc2ccc(N3CCN(C(C)=O)CC3)nc2)c1. The molecule has 194 valence electrons. The standard InChI is InChI=1S/C29H31N7O2/c1-4-28(38)34-24-9-5-7-22(17-24)26-10-6-8-23(18-30-3)29(26)33-20-32-25-11-12-27(31-19-25)36-15-13-35(14-16-36)21(2)37/h4-12,17-19,32H,1,3,13-16,20H2,2H3,(H,34,38)/b23-18-,33-29+. The monoisotopic (exact) mass is 509 g/mol. The second kappa shape index (κ2) is 12.4. The number of anilines is 3. The van der Waals surface area contributed by atoms with Crippen LogP contribution in [0, 0.1) is 0 Å². The lowest BCUT2D eigenvalue weighted by Crippen LogP contribution is -2.48. The molecule has 0 saturated carbocycles. The first-order valence-electron chi connectivity index (χ1n) is 12.3. The Bertz CT molecular complexity index is 1330. The van der Waals surface area contributed by atoms with Gasteiger partial charge in [-0.05, 0) is 42.6 Å². The summed E-state index contributed by atoms with van der Waals surface area (Å²) in [7, 11) is 0. The van der Waals surface area contributed by atoms with Crippen molar-refractivity contribution in [3.8, 4) is 0 Å². The van der Waals surface area contributed by atoms with Gasteiger partial charge in [-0.1, -0.05) is 36.9 Å². The Labute approximate surface area is 222 Å². The molecule has 0 radical (unpaired) electrons. The summed E-state index contributed by atoms with van der Waals surface area (Å²) < 4.78 is 0. The number of amides is 2. The van der Waals surface area contributed by atoms with Crippen molar-refractivity contribution >= 4 is 47.0 Å². The minimum Gasteiger partial charge on any atom is -0.365 e. The van der Waals surface area contributed by atoms with E-state index in [1.807, 2.05) is 59.5 Å². The molecule has 2 heterocycles. The molecule has 0 atom stereocenters. The molecule has 1 fully saturated rings. The summed E-state index contributed by atoms with van der Waals surface area (Å²) in [6.07, 6.45) is 10.6. The lowest BCUT2D eigenvalue weighted by atomic mass is 9.92. The van der Waals surface area contributed by atoms with Gasteiger partial charge in [-0.15, -0.1) is 0 Å². The molecule has 9 heteroatoms. The van der Waals surface area contributed by atoms with E-state index < -0.39 is 0 Å². The van der Waals surface area contributed by atoms with E-state index in [1.54, 1.807) is 19.3 Å². The van der Waals surface area contributed by atoms with Crippen LogP contribution in [0.25, 0.3) is 5.57 Å². The first-order valence-corrected chi connectivity index (χ1v) is 12.3. The average Bonchev–Trinajstić information content (AvgIpc) is 2.94. The molecule has 2 N–H and O–H groups in total. The van der Waals surface area contributed by atoms with Crippen molar-refractivity contribution in [1.82, 2.24) is 9.88 Å². The van der Waals surface area contributed by atoms with Crippen LogP contribution in [0.1, 0.15) is 12.5 Å². The van der Waals surface area contributed by atoms with E-state index in [1.165, 1.54) is 6.08 Å². The minimum absolute atomic E-state index is 0.110. The third-order valence-corrected chi connectivity index (χ3v) is 6.24. The van der Waals surface area contributed by atoms with Gasteiger partial charge >= 0.3 is 0 Å². The molecule has 1 aromatic carbocycles. The number of carbonyl (C=O) groups is 2. The summed E-state index contributed by atoms with van der Waals surface area (Å²) in [6, 6.07) is 11.5. The number of rotatable bonds is 8. The number of hydrogen-bond donors (Lipinski definition) is 2. The molecule has 2 aliphatic rings. The number of nitrogens with zero attached hydrogens (tertiary/aromatic N) is 5. The Kier molecular flexibility index (Phi) is 8.61. The molecule has 2 amide bonds. The molecule has 9 nitrogen and oxygen atoms in total. The van der Waals surface area contributed by atoms with E-state index in [9.17, 15) is 9.59 Å². The highest BCUT2D eigenvalue weighted by molar-refractivity contribution is 6.34. The van der Waals surface area contributed by atoms with Crippen molar-refractivity contribution in [2.45, 2.75) is 6.92 Å². The van der Waals surface area contributed by atoms with Crippen LogP contribution in [-0.4, -0.2) is 67.0 Å². The minimum atomic E-state index is -0.271. The molecule has 0 unspecified atom stereocenters. The highest BCUT2D eigenvalue weighted by atomic mass is 16.2. The molecular weight excluding hydrogens is 478 g/mol. The van der Waals surface area contributed by atoms with Crippen LogP contribution in [0.15, 0.2) is 95.2 Å². The van der Waals surface area contributed by atoms with Gasteiger partial charge in [0.15, 0.2) is 0 Å². The fourth-order valence-corrected chi connectivity index (χ4v) is 4.27. The third-order valence-electron chi connectivity index (χ3n) is 6.24. The molecule has 1 aromatic heterocycles. The van der Waals surface area contributed by atoms with Gasteiger partial charge in [0.2, 0.25) is 11.8 Å². The largest absolute Gasteiger partial charge is 0.365 e. The zero-order valence-electron chi connectivity index (χ0n) is 21.4. The van der Waals surface area contributed by atoms with Crippen molar-refractivity contribution in [1.29, 1.82) is 0 Å². The van der Waals surface area contributed by atoms with Crippen LogP contribution in [0.3, 0.4) is 0 Å².